The second-order valence-electron chi connectivity index (χ2n) is 5.41. The topological polar surface area (TPSA) is 77.5 Å². The molecule has 0 fully saturated rings. The van der Waals surface area contributed by atoms with Crippen molar-refractivity contribution >= 4 is 33.1 Å². The van der Waals surface area contributed by atoms with Gasteiger partial charge in [0.2, 0.25) is 0 Å². The van der Waals surface area contributed by atoms with Crippen molar-refractivity contribution in [2.75, 3.05) is 0 Å². The van der Waals surface area contributed by atoms with Crippen LogP contribution in [0.2, 0.25) is 0 Å². The molecule has 0 radical (unpaired) electrons. The van der Waals surface area contributed by atoms with Crippen LogP contribution in [0, 0.1) is 17.0 Å². The summed E-state index contributed by atoms with van der Waals surface area (Å²) in [7, 11) is 0. The van der Waals surface area contributed by atoms with Gasteiger partial charge >= 0.3 is 0 Å². The molecule has 2 aromatic heterocycles. The van der Waals surface area contributed by atoms with E-state index in [0.29, 0.717) is 27.5 Å². The monoisotopic (exact) mass is 305 g/mol. The van der Waals surface area contributed by atoms with Crippen LogP contribution < -0.4 is 5.56 Å². The van der Waals surface area contributed by atoms with E-state index in [1.807, 2.05) is 13.0 Å². The molecular weight excluding hydrogens is 294 g/mol. The lowest BCUT2D eigenvalue weighted by atomic mass is 10.1. The molecule has 23 heavy (non-hydrogen) atoms. The number of pyridine rings is 1. The SMILES string of the molecule is Cc1cc2nc3ccccc3c(=O)n2c2ccc([N+](=O)[O-])cc12. The molecule has 2 heterocycles. The molecule has 0 aliphatic heterocycles. The van der Waals surface area contributed by atoms with Crippen molar-refractivity contribution in [3.05, 3.63) is 74.6 Å². The summed E-state index contributed by atoms with van der Waals surface area (Å²) < 4.78 is 1.51. The van der Waals surface area contributed by atoms with Gasteiger partial charge in [0, 0.05) is 17.5 Å². The molecule has 0 saturated heterocycles. The maximum atomic E-state index is 12.8. The number of fused-ring (bicyclic) bond motifs is 4. The fraction of sp³-hybridized carbons (Fsp3) is 0.0588. The number of non-ortho nitro benzene ring substituents is 1. The first kappa shape index (κ1) is 13.4. The largest absolute Gasteiger partial charge is 0.270 e. The zero-order chi connectivity index (χ0) is 16.1. The molecule has 0 atom stereocenters. The van der Waals surface area contributed by atoms with E-state index >= 15 is 0 Å². The summed E-state index contributed by atoms with van der Waals surface area (Å²) in [5, 5.41) is 12.2. The van der Waals surface area contributed by atoms with Gasteiger partial charge in [0.15, 0.2) is 0 Å². The third kappa shape index (κ3) is 1.88. The molecule has 6 nitrogen and oxygen atoms in total. The first-order chi connectivity index (χ1) is 11.1. The lowest BCUT2D eigenvalue weighted by molar-refractivity contribution is -0.384. The number of aromatic nitrogens is 2. The summed E-state index contributed by atoms with van der Waals surface area (Å²) in [6.07, 6.45) is 0. The van der Waals surface area contributed by atoms with Crippen LogP contribution in [0.5, 0.6) is 0 Å². The van der Waals surface area contributed by atoms with Gasteiger partial charge in [-0.1, -0.05) is 12.1 Å². The van der Waals surface area contributed by atoms with E-state index in [9.17, 15) is 14.9 Å². The summed E-state index contributed by atoms with van der Waals surface area (Å²) in [6.45, 7) is 1.85. The Balaban J connectivity index is 2.26. The highest BCUT2D eigenvalue weighted by atomic mass is 16.6. The molecule has 0 aliphatic rings. The van der Waals surface area contributed by atoms with Crippen molar-refractivity contribution in [2.45, 2.75) is 6.92 Å². The third-order valence-corrected chi connectivity index (χ3v) is 4.00. The van der Waals surface area contributed by atoms with Crippen molar-refractivity contribution in [3.63, 3.8) is 0 Å². The third-order valence-electron chi connectivity index (χ3n) is 4.00. The van der Waals surface area contributed by atoms with Crippen LogP contribution in [0.1, 0.15) is 5.56 Å². The molecule has 0 N–H and O–H groups in total. The Labute approximate surface area is 129 Å². The number of hydrogen-bond acceptors (Lipinski definition) is 4. The normalized spacial score (nSPS) is 11.3. The number of nitro groups is 1. The molecule has 112 valence electrons. The number of nitrogens with zero attached hydrogens (tertiary/aromatic N) is 3. The maximum absolute atomic E-state index is 12.8. The standard InChI is InChI=1S/C17H11N3O3/c1-10-8-16-18-14-5-3-2-4-12(14)17(21)19(16)15-7-6-11(20(22)23)9-13(10)15/h2-9H,1H3. The van der Waals surface area contributed by atoms with E-state index in [4.69, 9.17) is 0 Å². The number of benzene rings is 2. The predicted molar refractivity (Wildman–Crippen MR) is 87.9 cm³/mol. The van der Waals surface area contributed by atoms with E-state index in [1.165, 1.54) is 16.5 Å². The highest BCUT2D eigenvalue weighted by molar-refractivity contribution is 5.89. The molecule has 0 amide bonds. The smallest absolute Gasteiger partial charge is 0.268 e. The number of rotatable bonds is 1. The number of nitro benzene ring substituents is 1. The fourth-order valence-electron chi connectivity index (χ4n) is 2.90. The fourth-order valence-corrected chi connectivity index (χ4v) is 2.90. The quantitative estimate of drug-likeness (QED) is 0.234. The summed E-state index contributed by atoms with van der Waals surface area (Å²) in [5.41, 5.74) is 2.46. The van der Waals surface area contributed by atoms with Crippen molar-refractivity contribution in [1.82, 2.24) is 9.38 Å². The second-order valence-corrected chi connectivity index (χ2v) is 5.41. The molecule has 4 aromatic rings. The summed E-state index contributed by atoms with van der Waals surface area (Å²) in [6, 6.07) is 13.4. The van der Waals surface area contributed by atoms with Crippen LogP contribution in [-0.2, 0) is 0 Å². The van der Waals surface area contributed by atoms with Gasteiger partial charge in [-0.15, -0.1) is 0 Å². The minimum Gasteiger partial charge on any atom is -0.268 e. The molecule has 4 rings (SSSR count). The van der Waals surface area contributed by atoms with Gasteiger partial charge in [-0.25, -0.2) is 4.98 Å². The molecule has 6 heteroatoms. The van der Waals surface area contributed by atoms with Crippen LogP contribution in [0.4, 0.5) is 5.69 Å². The van der Waals surface area contributed by atoms with E-state index in [-0.39, 0.29) is 11.2 Å². The van der Waals surface area contributed by atoms with Gasteiger partial charge in [-0.2, -0.15) is 0 Å². The highest BCUT2D eigenvalue weighted by Gasteiger charge is 2.13. The highest BCUT2D eigenvalue weighted by Crippen LogP contribution is 2.25. The van der Waals surface area contributed by atoms with Gasteiger partial charge in [-0.3, -0.25) is 19.3 Å². The van der Waals surface area contributed by atoms with Crippen LogP contribution in [0.15, 0.2) is 53.3 Å². The number of hydrogen-bond donors (Lipinski definition) is 0. The zero-order valence-electron chi connectivity index (χ0n) is 12.2. The summed E-state index contributed by atoms with van der Waals surface area (Å²) in [5.74, 6) is 0. The van der Waals surface area contributed by atoms with E-state index in [1.54, 1.807) is 30.3 Å². The first-order valence-corrected chi connectivity index (χ1v) is 7.05. The van der Waals surface area contributed by atoms with Crippen LogP contribution >= 0.6 is 0 Å². The van der Waals surface area contributed by atoms with Crippen LogP contribution in [0.25, 0.3) is 27.5 Å². The number of aryl methyl sites for hydroxylation is 1. The van der Waals surface area contributed by atoms with Gasteiger partial charge in [-0.05, 0) is 36.8 Å². The molecule has 0 saturated carbocycles. The molecule has 0 unspecified atom stereocenters. The van der Waals surface area contributed by atoms with Gasteiger partial charge in [0.05, 0.1) is 21.3 Å². The van der Waals surface area contributed by atoms with Gasteiger partial charge in [0.25, 0.3) is 11.2 Å². The average Bonchev–Trinajstić information content (AvgIpc) is 2.54. The molecule has 0 spiro atoms. The lowest BCUT2D eigenvalue weighted by Gasteiger charge is -2.09. The first-order valence-electron chi connectivity index (χ1n) is 7.05. The van der Waals surface area contributed by atoms with Gasteiger partial charge < -0.3 is 0 Å². The zero-order valence-corrected chi connectivity index (χ0v) is 12.2. The van der Waals surface area contributed by atoms with Crippen molar-refractivity contribution in [3.8, 4) is 0 Å². The molecule has 2 aromatic carbocycles. The number of para-hydroxylation sites is 1. The van der Waals surface area contributed by atoms with Crippen molar-refractivity contribution in [2.24, 2.45) is 0 Å². The van der Waals surface area contributed by atoms with E-state index < -0.39 is 4.92 Å². The Kier molecular flexibility index (Phi) is 2.68. The Hall–Kier alpha value is -3.28. The molecule has 0 aliphatic carbocycles. The molecular formula is C17H11N3O3. The van der Waals surface area contributed by atoms with Crippen LogP contribution in [-0.4, -0.2) is 14.3 Å². The van der Waals surface area contributed by atoms with E-state index in [2.05, 4.69) is 4.98 Å². The lowest BCUT2D eigenvalue weighted by Crippen LogP contribution is -2.16. The Morgan fingerprint density at radius 2 is 1.87 bits per heavy atom. The molecule has 0 bridgehead atoms. The summed E-state index contributed by atoms with van der Waals surface area (Å²) in [4.78, 5) is 27.9. The Bertz CT molecular complexity index is 1180. The van der Waals surface area contributed by atoms with Crippen LogP contribution in [0.3, 0.4) is 0 Å². The second kappa shape index (κ2) is 4.61. The van der Waals surface area contributed by atoms with Crippen molar-refractivity contribution < 1.29 is 4.92 Å². The maximum Gasteiger partial charge on any atom is 0.270 e. The minimum atomic E-state index is -0.440. The summed E-state index contributed by atoms with van der Waals surface area (Å²) >= 11 is 0. The average molecular weight is 305 g/mol. The Morgan fingerprint density at radius 3 is 2.65 bits per heavy atom. The van der Waals surface area contributed by atoms with Gasteiger partial charge in [0.1, 0.15) is 5.65 Å². The predicted octanol–water partition coefficient (Wildman–Crippen LogP) is 3.22. The Morgan fingerprint density at radius 1 is 1.09 bits per heavy atom. The minimum absolute atomic E-state index is 0.00162. The van der Waals surface area contributed by atoms with Crippen molar-refractivity contribution in [1.29, 1.82) is 0 Å². The van der Waals surface area contributed by atoms with E-state index in [0.717, 1.165) is 5.56 Å².